The first-order valence-electron chi connectivity index (χ1n) is 10.7. The van der Waals surface area contributed by atoms with Crippen LogP contribution in [0.25, 0.3) is 11.0 Å². The second-order valence-electron chi connectivity index (χ2n) is 8.00. The number of para-hydroxylation sites is 2. The summed E-state index contributed by atoms with van der Waals surface area (Å²) in [5, 5.41) is 8.89. The molecule has 0 spiro atoms. The topological polar surface area (TPSA) is 60.0 Å². The molecule has 0 saturated heterocycles. The number of nitrogens with zero attached hydrogens (tertiary/aromatic N) is 2. The van der Waals surface area contributed by atoms with Crippen LogP contribution in [-0.4, -0.2) is 21.5 Å². The maximum Gasteiger partial charge on any atom is 0.203 e. The van der Waals surface area contributed by atoms with E-state index in [9.17, 15) is 4.79 Å². The van der Waals surface area contributed by atoms with Gasteiger partial charge in [0.2, 0.25) is 5.62 Å². The molecular weight excluding hydrogens is 386 g/mol. The molecule has 5 nitrogen and oxygen atoms in total. The van der Waals surface area contributed by atoms with Crippen molar-refractivity contribution in [1.82, 2.24) is 9.13 Å². The Hall–Kier alpha value is -3.60. The van der Waals surface area contributed by atoms with Crippen molar-refractivity contribution < 1.29 is 9.53 Å². The Morgan fingerprint density at radius 1 is 0.903 bits per heavy atom. The second kappa shape index (κ2) is 8.26. The molecule has 1 heterocycles. The van der Waals surface area contributed by atoms with Crippen LogP contribution in [0.3, 0.4) is 0 Å². The minimum absolute atomic E-state index is 0.00973. The highest BCUT2D eigenvalue weighted by Gasteiger charge is 2.28. The van der Waals surface area contributed by atoms with Crippen LogP contribution in [0.1, 0.15) is 34.7 Å². The van der Waals surface area contributed by atoms with Gasteiger partial charge in [-0.2, -0.15) is 0 Å². The predicted octanol–water partition coefficient (Wildman–Crippen LogP) is 4.76. The van der Waals surface area contributed by atoms with Crippen LogP contribution in [0.5, 0.6) is 5.75 Å². The summed E-state index contributed by atoms with van der Waals surface area (Å²) in [6.45, 7) is 1.17. The summed E-state index contributed by atoms with van der Waals surface area (Å²) < 4.78 is 9.75. The first-order chi connectivity index (χ1) is 15.2. The standard InChI is InChI=1S/C26H25N3O2/c27-26-28(16-17-31-21-10-5-2-6-11-21)25-22(19-14-15-19)12-7-13-23(25)29(26)18-24(30)20-8-3-1-4-9-20/h1-13,19,27H,14-18H2. The molecule has 4 aromatic rings. The minimum atomic E-state index is 0.00973. The van der Waals surface area contributed by atoms with Gasteiger partial charge in [0.1, 0.15) is 12.4 Å². The molecule has 1 saturated carbocycles. The Labute approximate surface area is 181 Å². The van der Waals surface area contributed by atoms with Crippen LogP contribution in [0.4, 0.5) is 0 Å². The van der Waals surface area contributed by atoms with Gasteiger partial charge in [-0.1, -0.05) is 60.7 Å². The van der Waals surface area contributed by atoms with Gasteiger partial charge in [0.25, 0.3) is 0 Å². The first kappa shape index (κ1) is 19.4. The maximum atomic E-state index is 12.9. The molecule has 0 amide bonds. The summed E-state index contributed by atoms with van der Waals surface area (Å²) in [6, 6.07) is 25.3. The van der Waals surface area contributed by atoms with E-state index in [0.717, 1.165) is 16.8 Å². The van der Waals surface area contributed by atoms with Crippen molar-refractivity contribution in [3.8, 4) is 5.75 Å². The number of hydrogen-bond acceptors (Lipinski definition) is 3. The number of hydrogen-bond donors (Lipinski definition) is 1. The van der Waals surface area contributed by atoms with Crippen molar-refractivity contribution >= 4 is 16.8 Å². The molecule has 1 aliphatic rings. The van der Waals surface area contributed by atoms with Gasteiger partial charge in [-0.05, 0) is 42.5 Å². The molecule has 0 bridgehead atoms. The van der Waals surface area contributed by atoms with Crippen molar-refractivity contribution in [2.24, 2.45) is 0 Å². The second-order valence-corrected chi connectivity index (χ2v) is 8.00. The highest BCUT2D eigenvalue weighted by Crippen LogP contribution is 2.42. The van der Waals surface area contributed by atoms with Crippen molar-refractivity contribution in [2.45, 2.75) is 31.8 Å². The number of ether oxygens (including phenoxy) is 1. The lowest BCUT2D eigenvalue weighted by atomic mass is 10.1. The summed E-state index contributed by atoms with van der Waals surface area (Å²) >= 11 is 0. The zero-order valence-corrected chi connectivity index (χ0v) is 17.3. The van der Waals surface area contributed by atoms with E-state index in [1.165, 1.54) is 18.4 Å². The Bertz CT molecular complexity index is 1270. The number of carbonyl (C=O) groups excluding carboxylic acids is 1. The van der Waals surface area contributed by atoms with Crippen LogP contribution >= 0.6 is 0 Å². The molecule has 0 radical (unpaired) electrons. The molecule has 0 atom stereocenters. The Morgan fingerprint density at radius 3 is 2.32 bits per heavy atom. The molecule has 5 rings (SSSR count). The third-order valence-corrected chi connectivity index (χ3v) is 5.86. The van der Waals surface area contributed by atoms with E-state index in [0.29, 0.717) is 30.3 Å². The number of rotatable bonds is 8. The summed E-state index contributed by atoms with van der Waals surface area (Å²) in [4.78, 5) is 12.9. The third-order valence-electron chi connectivity index (χ3n) is 5.86. The van der Waals surface area contributed by atoms with E-state index in [1.807, 2.05) is 81.9 Å². The van der Waals surface area contributed by atoms with Crippen LogP contribution in [-0.2, 0) is 13.1 Å². The number of ketones is 1. The number of fused-ring (bicyclic) bond motifs is 1. The van der Waals surface area contributed by atoms with E-state index in [2.05, 4.69) is 6.07 Å². The lowest BCUT2D eigenvalue weighted by Crippen LogP contribution is -2.28. The average molecular weight is 412 g/mol. The van der Waals surface area contributed by atoms with Gasteiger partial charge in [0.05, 0.1) is 24.1 Å². The average Bonchev–Trinajstić information content (AvgIpc) is 3.63. The zero-order valence-electron chi connectivity index (χ0n) is 17.3. The predicted molar refractivity (Wildman–Crippen MR) is 120 cm³/mol. The SMILES string of the molecule is N=c1n(CC(=O)c2ccccc2)c2cccc(C3CC3)c2n1CCOc1ccccc1. The largest absolute Gasteiger partial charge is 0.492 e. The number of imidazole rings is 1. The molecule has 156 valence electrons. The quantitative estimate of drug-likeness (QED) is 0.425. The van der Waals surface area contributed by atoms with Gasteiger partial charge >= 0.3 is 0 Å². The van der Waals surface area contributed by atoms with Crippen molar-refractivity contribution in [3.63, 3.8) is 0 Å². The molecule has 1 N–H and O–H groups in total. The van der Waals surface area contributed by atoms with Gasteiger partial charge in [0.15, 0.2) is 5.78 Å². The molecule has 31 heavy (non-hydrogen) atoms. The minimum Gasteiger partial charge on any atom is -0.492 e. The normalized spacial score (nSPS) is 13.4. The highest BCUT2D eigenvalue weighted by molar-refractivity contribution is 5.96. The lowest BCUT2D eigenvalue weighted by Gasteiger charge is -2.10. The fourth-order valence-corrected chi connectivity index (χ4v) is 4.16. The number of nitrogens with one attached hydrogen (secondary N) is 1. The Balaban J connectivity index is 1.50. The molecular formula is C26H25N3O2. The monoisotopic (exact) mass is 411 g/mol. The smallest absolute Gasteiger partial charge is 0.203 e. The van der Waals surface area contributed by atoms with Crippen molar-refractivity contribution in [3.05, 3.63) is 95.6 Å². The van der Waals surface area contributed by atoms with Crippen molar-refractivity contribution in [1.29, 1.82) is 5.41 Å². The van der Waals surface area contributed by atoms with E-state index in [4.69, 9.17) is 10.1 Å². The molecule has 1 aromatic heterocycles. The number of benzene rings is 3. The van der Waals surface area contributed by atoms with E-state index < -0.39 is 0 Å². The van der Waals surface area contributed by atoms with E-state index in [1.54, 1.807) is 0 Å². The van der Waals surface area contributed by atoms with Gasteiger partial charge < -0.3 is 13.9 Å². The van der Waals surface area contributed by atoms with E-state index in [-0.39, 0.29) is 12.3 Å². The lowest BCUT2D eigenvalue weighted by molar-refractivity contribution is 0.0971. The maximum absolute atomic E-state index is 12.9. The Morgan fingerprint density at radius 2 is 1.61 bits per heavy atom. The van der Waals surface area contributed by atoms with Crippen LogP contribution in [0.15, 0.2) is 78.9 Å². The van der Waals surface area contributed by atoms with Gasteiger partial charge in [-0.3, -0.25) is 10.2 Å². The summed E-state index contributed by atoms with van der Waals surface area (Å²) in [7, 11) is 0. The number of Topliss-reactive ketones (excluding diaryl/α,β-unsaturated/α-hetero) is 1. The van der Waals surface area contributed by atoms with E-state index >= 15 is 0 Å². The highest BCUT2D eigenvalue weighted by atomic mass is 16.5. The summed E-state index contributed by atoms with van der Waals surface area (Å²) in [5.41, 5.74) is 4.28. The molecule has 5 heteroatoms. The number of aromatic nitrogens is 2. The summed E-state index contributed by atoms with van der Waals surface area (Å²) in [5.74, 6) is 1.38. The molecule has 3 aromatic carbocycles. The fourth-order valence-electron chi connectivity index (χ4n) is 4.16. The fraction of sp³-hybridized carbons (Fsp3) is 0.231. The van der Waals surface area contributed by atoms with Gasteiger partial charge in [-0.15, -0.1) is 0 Å². The molecule has 0 unspecified atom stereocenters. The molecule has 0 aliphatic heterocycles. The Kier molecular flexibility index (Phi) is 5.16. The van der Waals surface area contributed by atoms with Gasteiger partial charge in [0, 0.05) is 5.56 Å². The summed E-state index contributed by atoms with van der Waals surface area (Å²) in [6.07, 6.45) is 2.36. The third kappa shape index (κ3) is 3.91. The van der Waals surface area contributed by atoms with Crippen molar-refractivity contribution in [2.75, 3.05) is 6.61 Å². The molecule has 1 aliphatic carbocycles. The number of carbonyl (C=O) groups is 1. The first-order valence-corrected chi connectivity index (χ1v) is 10.7. The van der Waals surface area contributed by atoms with Crippen LogP contribution in [0, 0.1) is 5.41 Å². The molecule has 1 fully saturated rings. The zero-order chi connectivity index (χ0) is 21.2. The van der Waals surface area contributed by atoms with Crippen LogP contribution < -0.4 is 10.4 Å². The van der Waals surface area contributed by atoms with Crippen LogP contribution in [0.2, 0.25) is 0 Å². The van der Waals surface area contributed by atoms with Gasteiger partial charge in [-0.25, -0.2) is 0 Å².